The largest absolute Gasteiger partial charge is 0.341 e. The highest BCUT2D eigenvalue weighted by atomic mass is 32.2. The molecular weight excluding hydrogens is 321 g/mol. The fraction of sp³-hybridized carbons (Fsp3) is 0.400. The van der Waals surface area contributed by atoms with Gasteiger partial charge in [0.1, 0.15) is 10.8 Å². The molecule has 1 amide bonds. The first kappa shape index (κ1) is 15.4. The number of halogens is 1. The number of hydrogen-bond donors (Lipinski definition) is 0. The van der Waals surface area contributed by atoms with Gasteiger partial charge in [-0.2, -0.15) is 0 Å². The maximum absolute atomic E-state index is 12.9. The molecular formula is C15H16FN3OS2. The molecule has 1 heterocycles. The molecule has 0 spiro atoms. The molecule has 0 radical (unpaired) electrons. The maximum Gasteiger partial charge on any atom is 0.233 e. The van der Waals surface area contributed by atoms with Crippen LogP contribution in [0.4, 0.5) is 4.39 Å². The lowest BCUT2D eigenvalue weighted by Crippen LogP contribution is -2.27. The van der Waals surface area contributed by atoms with E-state index in [9.17, 15) is 9.18 Å². The number of hydrogen-bond acceptors (Lipinski definition) is 5. The van der Waals surface area contributed by atoms with Crippen LogP contribution in [0.1, 0.15) is 29.3 Å². The molecule has 1 aromatic carbocycles. The minimum atomic E-state index is -0.268. The van der Waals surface area contributed by atoms with Crippen molar-refractivity contribution in [2.45, 2.75) is 29.6 Å². The molecule has 1 aliphatic rings. The Hall–Kier alpha value is -1.47. The van der Waals surface area contributed by atoms with Crippen LogP contribution in [-0.2, 0) is 11.3 Å². The highest BCUT2D eigenvalue weighted by Gasteiger charge is 2.27. The molecule has 2 aromatic rings. The number of thioether (sulfide) groups is 1. The van der Waals surface area contributed by atoms with E-state index >= 15 is 0 Å². The summed E-state index contributed by atoms with van der Waals surface area (Å²) in [6.45, 7) is 0.475. The molecule has 0 bridgehead atoms. The molecule has 3 rings (SSSR count). The van der Waals surface area contributed by atoms with Gasteiger partial charge in [-0.25, -0.2) is 4.39 Å². The van der Waals surface area contributed by atoms with Crippen LogP contribution in [0, 0.1) is 5.82 Å². The van der Waals surface area contributed by atoms with E-state index in [0.29, 0.717) is 18.2 Å². The molecule has 1 saturated carbocycles. The highest BCUT2D eigenvalue weighted by molar-refractivity contribution is 8.01. The van der Waals surface area contributed by atoms with Gasteiger partial charge in [0.2, 0.25) is 5.91 Å². The van der Waals surface area contributed by atoms with Crippen molar-refractivity contribution in [2.75, 3.05) is 12.8 Å². The smallest absolute Gasteiger partial charge is 0.233 e. The van der Waals surface area contributed by atoms with E-state index in [1.807, 2.05) is 0 Å². The lowest BCUT2D eigenvalue weighted by atomic mass is 10.2. The summed E-state index contributed by atoms with van der Waals surface area (Å²) in [6.07, 6.45) is 2.41. The van der Waals surface area contributed by atoms with E-state index in [2.05, 4.69) is 10.2 Å². The second-order valence-corrected chi connectivity index (χ2v) is 7.58. The first-order valence-corrected chi connectivity index (χ1v) is 8.86. The Balaban J connectivity index is 1.48. The Bertz CT molecular complexity index is 655. The monoisotopic (exact) mass is 337 g/mol. The fourth-order valence-corrected chi connectivity index (χ4v) is 3.94. The van der Waals surface area contributed by atoms with Crippen LogP contribution in [0.15, 0.2) is 28.6 Å². The van der Waals surface area contributed by atoms with E-state index in [-0.39, 0.29) is 11.7 Å². The van der Waals surface area contributed by atoms with Crippen molar-refractivity contribution in [1.82, 2.24) is 15.1 Å². The number of carbonyl (C=O) groups excluding carboxylic acids is 1. The van der Waals surface area contributed by atoms with Gasteiger partial charge < -0.3 is 4.90 Å². The Morgan fingerprint density at radius 2 is 2.09 bits per heavy atom. The van der Waals surface area contributed by atoms with Gasteiger partial charge in [-0.3, -0.25) is 4.79 Å². The van der Waals surface area contributed by atoms with Crippen molar-refractivity contribution in [2.24, 2.45) is 0 Å². The van der Waals surface area contributed by atoms with E-state index in [1.54, 1.807) is 35.4 Å². The van der Waals surface area contributed by atoms with Crippen LogP contribution in [0.25, 0.3) is 0 Å². The Kier molecular flexibility index (Phi) is 4.73. The summed E-state index contributed by atoms with van der Waals surface area (Å²) in [6, 6.07) is 6.20. The molecule has 4 nitrogen and oxygen atoms in total. The summed E-state index contributed by atoms with van der Waals surface area (Å²) < 4.78 is 13.7. The van der Waals surface area contributed by atoms with Crippen molar-refractivity contribution in [3.8, 4) is 0 Å². The van der Waals surface area contributed by atoms with Gasteiger partial charge in [0, 0.05) is 19.5 Å². The quantitative estimate of drug-likeness (QED) is 0.759. The topological polar surface area (TPSA) is 46.1 Å². The van der Waals surface area contributed by atoms with Gasteiger partial charge >= 0.3 is 0 Å². The normalized spacial score (nSPS) is 14.1. The van der Waals surface area contributed by atoms with Gasteiger partial charge in [-0.1, -0.05) is 35.2 Å². The summed E-state index contributed by atoms with van der Waals surface area (Å²) >= 11 is 3.02. The standard InChI is InChI=1S/C15H16FN3OS2/c1-19(8-10-2-6-12(16)7-3-10)13(20)9-21-15-18-17-14(22-15)11-4-5-11/h2-3,6-7,11H,4-5,8-9H2,1H3. The minimum absolute atomic E-state index is 0.0255. The SMILES string of the molecule is CN(Cc1ccc(F)cc1)C(=O)CSc1nnc(C2CC2)s1. The van der Waals surface area contributed by atoms with E-state index in [1.165, 1.54) is 36.7 Å². The number of amides is 1. The van der Waals surface area contributed by atoms with Gasteiger partial charge in [-0.15, -0.1) is 10.2 Å². The molecule has 22 heavy (non-hydrogen) atoms. The average molecular weight is 337 g/mol. The highest BCUT2D eigenvalue weighted by Crippen LogP contribution is 2.42. The zero-order chi connectivity index (χ0) is 15.5. The van der Waals surface area contributed by atoms with Crippen molar-refractivity contribution in [3.05, 3.63) is 40.7 Å². The number of nitrogens with zero attached hydrogens (tertiary/aromatic N) is 3. The predicted molar refractivity (Wildman–Crippen MR) is 85.5 cm³/mol. The summed E-state index contributed by atoms with van der Waals surface area (Å²) in [5.74, 6) is 0.703. The number of benzene rings is 1. The van der Waals surface area contributed by atoms with Gasteiger partial charge in [0.05, 0.1) is 5.75 Å². The third kappa shape index (κ3) is 4.04. The molecule has 0 saturated heterocycles. The fourth-order valence-electron chi connectivity index (χ4n) is 1.96. The summed E-state index contributed by atoms with van der Waals surface area (Å²) in [5.41, 5.74) is 0.911. The molecule has 7 heteroatoms. The molecule has 0 aliphatic heterocycles. The molecule has 116 valence electrons. The maximum atomic E-state index is 12.9. The first-order chi connectivity index (χ1) is 10.6. The third-order valence-electron chi connectivity index (χ3n) is 3.43. The van der Waals surface area contributed by atoms with Crippen molar-refractivity contribution < 1.29 is 9.18 Å². The molecule has 0 unspecified atom stereocenters. The average Bonchev–Trinajstić information content (AvgIpc) is 3.26. The number of aromatic nitrogens is 2. The van der Waals surface area contributed by atoms with E-state index in [4.69, 9.17) is 0 Å². The van der Waals surface area contributed by atoms with E-state index < -0.39 is 0 Å². The van der Waals surface area contributed by atoms with Crippen molar-refractivity contribution in [1.29, 1.82) is 0 Å². The van der Waals surface area contributed by atoms with Crippen LogP contribution < -0.4 is 0 Å². The summed E-state index contributed by atoms with van der Waals surface area (Å²) in [7, 11) is 1.75. The Morgan fingerprint density at radius 1 is 1.36 bits per heavy atom. The van der Waals surface area contributed by atoms with Crippen LogP contribution in [-0.4, -0.2) is 33.8 Å². The lowest BCUT2D eigenvalue weighted by Gasteiger charge is -2.16. The number of rotatable bonds is 6. The molecule has 0 atom stereocenters. The molecule has 1 fully saturated rings. The zero-order valence-electron chi connectivity index (χ0n) is 12.2. The van der Waals surface area contributed by atoms with Gasteiger partial charge in [-0.05, 0) is 30.5 Å². The van der Waals surface area contributed by atoms with Gasteiger partial charge in [0.15, 0.2) is 4.34 Å². The first-order valence-electron chi connectivity index (χ1n) is 7.06. The second-order valence-electron chi connectivity index (χ2n) is 5.35. The van der Waals surface area contributed by atoms with Crippen LogP contribution >= 0.6 is 23.1 Å². The Morgan fingerprint density at radius 3 is 2.77 bits per heavy atom. The molecule has 0 N–H and O–H groups in total. The lowest BCUT2D eigenvalue weighted by molar-refractivity contribution is -0.127. The van der Waals surface area contributed by atoms with Crippen molar-refractivity contribution >= 4 is 29.0 Å². The molecule has 1 aromatic heterocycles. The number of carbonyl (C=O) groups is 1. The summed E-state index contributed by atoms with van der Waals surface area (Å²) in [5, 5.41) is 9.38. The second kappa shape index (κ2) is 6.75. The molecule has 1 aliphatic carbocycles. The van der Waals surface area contributed by atoms with Crippen LogP contribution in [0.5, 0.6) is 0 Å². The summed E-state index contributed by atoms with van der Waals surface area (Å²) in [4.78, 5) is 13.8. The van der Waals surface area contributed by atoms with Gasteiger partial charge in [0.25, 0.3) is 0 Å². The predicted octanol–water partition coefficient (Wildman–Crippen LogP) is 3.31. The van der Waals surface area contributed by atoms with E-state index in [0.717, 1.165) is 14.9 Å². The third-order valence-corrected chi connectivity index (χ3v) is 5.63. The van der Waals surface area contributed by atoms with Crippen LogP contribution in [0.2, 0.25) is 0 Å². The zero-order valence-corrected chi connectivity index (χ0v) is 13.8. The minimum Gasteiger partial charge on any atom is -0.341 e. The van der Waals surface area contributed by atoms with Crippen molar-refractivity contribution in [3.63, 3.8) is 0 Å². The van der Waals surface area contributed by atoms with Crippen LogP contribution in [0.3, 0.4) is 0 Å². The Labute approximate surface area is 136 Å².